The van der Waals surface area contributed by atoms with Crippen LogP contribution in [0.15, 0.2) is 35.2 Å². The molecule has 1 heterocycles. The Morgan fingerprint density at radius 3 is 2.37 bits per heavy atom. The summed E-state index contributed by atoms with van der Waals surface area (Å²) in [6.45, 7) is 3.27. The summed E-state index contributed by atoms with van der Waals surface area (Å²) in [5.74, 6) is -0.354. The van der Waals surface area contributed by atoms with E-state index in [0.29, 0.717) is 26.3 Å². The Balaban J connectivity index is 2.18. The van der Waals surface area contributed by atoms with Crippen LogP contribution >= 0.6 is 0 Å². The highest BCUT2D eigenvalue weighted by Gasteiger charge is 2.33. The second-order valence-electron chi connectivity index (χ2n) is 4.44. The predicted molar refractivity (Wildman–Crippen MR) is 70.5 cm³/mol. The topological polar surface area (TPSA) is 63.7 Å². The van der Waals surface area contributed by atoms with E-state index in [1.807, 2.05) is 0 Å². The molecular weight excluding hydrogens is 266 g/mol. The zero-order valence-electron chi connectivity index (χ0n) is 10.8. The van der Waals surface area contributed by atoms with E-state index in [1.54, 1.807) is 23.1 Å². The van der Waals surface area contributed by atoms with E-state index in [4.69, 9.17) is 4.74 Å². The van der Waals surface area contributed by atoms with Crippen LogP contribution in [0.1, 0.15) is 6.92 Å². The average molecular weight is 283 g/mol. The van der Waals surface area contributed by atoms with Gasteiger partial charge in [-0.3, -0.25) is 4.79 Å². The van der Waals surface area contributed by atoms with Gasteiger partial charge in [0.2, 0.25) is 5.91 Å². The lowest BCUT2D eigenvalue weighted by atomic mass is 10.3. The van der Waals surface area contributed by atoms with Crippen LogP contribution < -0.4 is 0 Å². The first kappa shape index (κ1) is 14.0. The van der Waals surface area contributed by atoms with E-state index in [1.165, 1.54) is 19.1 Å². The molecule has 0 aromatic heterocycles. The molecule has 104 valence electrons. The van der Waals surface area contributed by atoms with Gasteiger partial charge in [0.1, 0.15) is 5.25 Å². The molecule has 1 saturated heterocycles. The molecule has 0 spiro atoms. The number of morpholine rings is 1. The molecule has 1 aromatic carbocycles. The van der Waals surface area contributed by atoms with Crippen LogP contribution in [0.3, 0.4) is 0 Å². The number of sulfone groups is 1. The minimum atomic E-state index is -3.62. The van der Waals surface area contributed by atoms with E-state index < -0.39 is 15.1 Å². The number of carbonyl (C=O) groups is 1. The van der Waals surface area contributed by atoms with Crippen LogP contribution in [-0.2, 0) is 19.4 Å². The highest BCUT2D eigenvalue weighted by Crippen LogP contribution is 2.17. The Kier molecular flexibility index (Phi) is 4.21. The molecule has 2 rings (SSSR count). The largest absolute Gasteiger partial charge is 0.378 e. The molecule has 0 saturated carbocycles. The molecule has 0 N–H and O–H groups in total. The van der Waals surface area contributed by atoms with E-state index in [9.17, 15) is 13.2 Å². The quantitative estimate of drug-likeness (QED) is 0.819. The smallest absolute Gasteiger partial charge is 0.241 e. The van der Waals surface area contributed by atoms with Gasteiger partial charge < -0.3 is 9.64 Å². The van der Waals surface area contributed by atoms with Crippen molar-refractivity contribution in [2.75, 3.05) is 26.3 Å². The summed E-state index contributed by atoms with van der Waals surface area (Å²) in [5.41, 5.74) is 0. The third-order valence-electron chi connectivity index (χ3n) is 3.21. The Hall–Kier alpha value is -1.40. The highest BCUT2D eigenvalue weighted by atomic mass is 32.2. The third-order valence-corrected chi connectivity index (χ3v) is 5.27. The summed E-state index contributed by atoms with van der Waals surface area (Å²) in [5, 5.41) is -1.06. The number of carbonyl (C=O) groups excluding carboxylic acids is 1. The first-order chi connectivity index (χ1) is 9.03. The van der Waals surface area contributed by atoms with Gasteiger partial charge in [0, 0.05) is 13.1 Å². The van der Waals surface area contributed by atoms with Crippen LogP contribution in [0.2, 0.25) is 0 Å². The van der Waals surface area contributed by atoms with Crippen molar-refractivity contribution in [2.24, 2.45) is 0 Å². The van der Waals surface area contributed by atoms with Crippen LogP contribution in [0, 0.1) is 0 Å². The number of nitrogens with zero attached hydrogens (tertiary/aromatic N) is 1. The number of hydrogen-bond acceptors (Lipinski definition) is 4. The van der Waals surface area contributed by atoms with Gasteiger partial charge in [-0.2, -0.15) is 0 Å². The molecule has 6 heteroatoms. The second-order valence-corrected chi connectivity index (χ2v) is 6.71. The molecule has 1 fully saturated rings. The van der Waals surface area contributed by atoms with Crippen molar-refractivity contribution in [3.63, 3.8) is 0 Å². The van der Waals surface area contributed by atoms with Crippen LogP contribution in [-0.4, -0.2) is 50.8 Å². The Morgan fingerprint density at radius 2 is 1.79 bits per heavy atom. The minimum absolute atomic E-state index is 0.184. The summed E-state index contributed by atoms with van der Waals surface area (Å²) in [4.78, 5) is 13.9. The summed E-state index contributed by atoms with van der Waals surface area (Å²) in [6.07, 6.45) is 0. The van der Waals surface area contributed by atoms with Gasteiger partial charge in [0.15, 0.2) is 9.84 Å². The maximum Gasteiger partial charge on any atom is 0.241 e. The minimum Gasteiger partial charge on any atom is -0.378 e. The summed E-state index contributed by atoms with van der Waals surface area (Å²) in [7, 11) is -3.62. The number of amides is 1. The normalized spacial score (nSPS) is 18.1. The standard InChI is InChI=1S/C13H17NO4S/c1-11(13(15)14-7-9-18-10-8-14)19(16,17)12-5-3-2-4-6-12/h2-6,11H,7-10H2,1H3. The monoisotopic (exact) mass is 283 g/mol. The maximum atomic E-state index is 12.3. The van der Waals surface area contributed by atoms with Crippen LogP contribution in [0.25, 0.3) is 0 Å². The fourth-order valence-electron chi connectivity index (χ4n) is 1.99. The summed E-state index contributed by atoms with van der Waals surface area (Å²) < 4.78 is 29.8. The fourth-order valence-corrected chi connectivity index (χ4v) is 3.35. The van der Waals surface area contributed by atoms with Crippen molar-refractivity contribution in [1.82, 2.24) is 4.90 Å². The lowest BCUT2D eigenvalue weighted by molar-refractivity contribution is -0.134. The number of ether oxygens (including phenoxy) is 1. The average Bonchev–Trinajstić information content (AvgIpc) is 2.47. The lowest BCUT2D eigenvalue weighted by Gasteiger charge is -2.29. The van der Waals surface area contributed by atoms with Gasteiger partial charge in [0.05, 0.1) is 18.1 Å². The van der Waals surface area contributed by atoms with Crippen molar-refractivity contribution in [3.8, 4) is 0 Å². The van der Waals surface area contributed by atoms with Crippen LogP contribution in [0.4, 0.5) is 0 Å². The lowest BCUT2D eigenvalue weighted by Crippen LogP contribution is -2.47. The van der Waals surface area contributed by atoms with Gasteiger partial charge in [-0.15, -0.1) is 0 Å². The van der Waals surface area contributed by atoms with Crippen molar-refractivity contribution in [3.05, 3.63) is 30.3 Å². The molecule has 1 aliphatic heterocycles. The van der Waals surface area contributed by atoms with Crippen molar-refractivity contribution < 1.29 is 17.9 Å². The maximum absolute atomic E-state index is 12.3. The molecule has 1 aromatic rings. The van der Waals surface area contributed by atoms with Crippen molar-refractivity contribution in [2.45, 2.75) is 17.1 Å². The molecule has 1 aliphatic rings. The van der Waals surface area contributed by atoms with E-state index in [-0.39, 0.29) is 10.8 Å². The van der Waals surface area contributed by atoms with E-state index in [0.717, 1.165) is 0 Å². The Morgan fingerprint density at radius 1 is 1.21 bits per heavy atom. The van der Waals surface area contributed by atoms with E-state index >= 15 is 0 Å². The molecule has 5 nitrogen and oxygen atoms in total. The molecule has 0 bridgehead atoms. The zero-order valence-corrected chi connectivity index (χ0v) is 11.6. The second kappa shape index (κ2) is 5.71. The fraction of sp³-hybridized carbons (Fsp3) is 0.462. The molecule has 19 heavy (non-hydrogen) atoms. The number of hydrogen-bond donors (Lipinski definition) is 0. The first-order valence-electron chi connectivity index (χ1n) is 6.19. The van der Waals surface area contributed by atoms with Crippen molar-refractivity contribution in [1.29, 1.82) is 0 Å². The van der Waals surface area contributed by atoms with Gasteiger partial charge >= 0.3 is 0 Å². The zero-order chi connectivity index (χ0) is 13.9. The van der Waals surface area contributed by atoms with Gasteiger partial charge in [-0.1, -0.05) is 18.2 Å². The van der Waals surface area contributed by atoms with Gasteiger partial charge in [-0.25, -0.2) is 8.42 Å². The Bertz CT molecular complexity index is 535. The predicted octanol–water partition coefficient (Wildman–Crippen LogP) is 0.708. The number of benzene rings is 1. The molecule has 1 amide bonds. The molecule has 0 aliphatic carbocycles. The SMILES string of the molecule is CC(C(=O)N1CCOCC1)S(=O)(=O)c1ccccc1. The number of rotatable bonds is 3. The first-order valence-corrected chi connectivity index (χ1v) is 7.73. The molecule has 1 atom stereocenters. The summed E-state index contributed by atoms with van der Waals surface area (Å²) in [6, 6.07) is 8.07. The third kappa shape index (κ3) is 2.96. The molecule has 1 unspecified atom stereocenters. The van der Waals surface area contributed by atoms with Gasteiger partial charge in [-0.05, 0) is 19.1 Å². The summed E-state index contributed by atoms with van der Waals surface area (Å²) >= 11 is 0. The van der Waals surface area contributed by atoms with Crippen molar-refractivity contribution >= 4 is 15.7 Å². The molecular formula is C13H17NO4S. The Labute approximate surface area is 113 Å². The highest BCUT2D eigenvalue weighted by molar-refractivity contribution is 7.92. The molecule has 0 radical (unpaired) electrons. The van der Waals surface area contributed by atoms with E-state index in [2.05, 4.69) is 0 Å². The van der Waals surface area contributed by atoms with Gasteiger partial charge in [0.25, 0.3) is 0 Å². The van der Waals surface area contributed by atoms with Crippen LogP contribution in [0.5, 0.6) is 0 Å².